The Kier molecular flexibility index (Phi) is 12.0. The highest BCUT2D eigenvalue weighted by Gasteiger charge is 2.15. The predicted octanol–water partition coefficient (Wildman–Crippen LogP) is 6.66. The van der Waals surface area contributed by atoms with Crippen LogP contribution in [-0.2, 0) is 6.54 Å². The van der Waals surface area contributed by atoms with Crippen LogP contribution in [0.2, 0.25) is 0 Å². The summed E-state index contributed by atoms with van der Waals surface area (Å²) in [7, 11) is 1.00. The van der Waals surface area contributed by atoms with Crippen LogP contribution in [0.3, 0.4) is 0 Å². The van der Waals surface area contributed by atoms with Crippen molar-refractivity contribution in [1.82, 2.24) is 24.5 Å². The van der Waals surface area contributed by atoms with Gasteiger partial charge in [0.1, 0.15) is 0 Å². The molecule has 200 valence electrons. The summed E-state index contributed by atoms with van der Waals surface area (Å²) in [5.41, 5.74) is 6.24. The number of aliphatic hydroxyl groups excluding tert-OH is 1. The minimum atomic E-state index is 0.270. The van der Waals surface area contributed by atoms with E-state index < -0.39 is 0 Å². The van der Waals surface area contributed by atoms with Crippen molar-refractivity contribution in [3.63, 3.8) is 0 Å². The molecule has 3 aromatic heterocycles. The highest BCUT2D eigenvalue weighted by atomic mass is 16.2. The van der Waals surface area contributed by atoms with Crippen LogP contribution in [0.5, 0.6) is 0 Å². The van der Waals surface area contributed by atoms with E-state index in [9.17, 15) is 0 Å². The quantitative estimate of drug-likeness (QED) is 0.234. The molecule has 0 aliphatic carbocycles. The fourth-order valence-corrected chi connectivity index (χ4v) is 3.82. The summed E-state index contributed by atoms with van der Waals surface area (Å²) in [6.07, 6.45) is 4.71. The molecule has 0 bridgehead atoms. The average molecular weight is 506 g/mol. The van der Waals surface area contributed by atoms with E-state index in [2.05, 4.69) is 90.1 Å². The van der Waals surface area contributed by atoms with Gasteiger partial charge < -0.3 is 20.3 Å². The molecular formula is C29H43N7O. The Bertz CT molecular complexity index is 1220. The molecule has 1 aromatic carbocycles. The first-order chi connectivity index (χ1) is 18.0. The third-order valence-corrected chi connectivity index (χ3v) is 5.66. The van der Waals surface area contributed by atoms with E-state index in [-0.39, 0.29) is 6.04 Å². The fraction of sp³-hybridized carbons (Fsp3) is 0.448. The van der Waals surface area contributed by atoms with Crippen LogP contribution in [0.1, 0.15) is 78.0 Å². The van der Waals surface area contributed by atoms with Gasteiger partial charge in [0.15, 0.2) is 17.0 Å². The van der Waals surface area contributed by atoms with Crippen LogP contribution in [0.4, 0.5) is 11.8 Å². The Morgan fingerprint density at radius 1 is 0.919 bits per heavy atom. The summed E-state index contributed by atoms with van der Waals surface area (Å²) >= 11 is 0. The standard InChI is InChI=1S/C26H33N7.C2H6.CH4O/c1-6-13-28-26-31-24(23-25(32-26)33(16-30-23)18(4)5)29-15-19-9-11-20(12-10-19)22-21(17(2)3)8-7-14-27-22;2*1-2/h7-12,14,16-18H,6,13,15H2,1-5H3,(H2,28,29,31,32);1-2H3;2H,1H3. The van der Waals surface area contributed by atoms with E-state index in [0.717, 1.165) is 48.3 Å². The van der Waals surface area contributed by atoms with Gasteiger partial charge in [-0.2, -0.15) is 9.97 Å². The van der Waals surface area contributed by atoms with Crippen LogP contribution >= 0.6 is 0 Å². The van der Waals surface area contributed by atoms with Crippen LogP contribution in [0, 0.1) is 0 Å². The molecule has 3 heterocycles. The molecule has 37 heavy (non-hydrogen) atoms. The smallest absolute Gasteiger partial charge is 0.226 e. The molecule has 0 fully saturated rings. The molecule has 4 aromatic rings. The number of rotatable bonds is 9. The third-order valence-electron chi connectivity index (χ3n) is 5.66. The first kappa shape index (κ1) is 29.7. The van der Waals surface area contributed by atoms with Gasteiger partial charge in [-0.05, 0) is 43.4 Å². The lowest BCUT2D eigenvalue weighted by Gasteiger charge is -2.13. The minimum Gasteiger partial charge on any atom is -0.400 e. The summed E-state index contributed by atoms with van der Waals surface area (Å²) in [5, 5.41) is 13.8. The largest absolute Gasteiger partial charge is 0.400 e. The number of imidazole rings is 1. The number of aliphatic hydroxyl groups is 1. The van der Waals surface area contributed by atoms with Crippen LogP contribution in [-0.4, -0.2) is 43.3 Å². The first-order valence-electron chi connectivity index (χ1n) is 13.2. The van der Waals surface area contributed by atoms with Crippen LogP contribution in [0.15, 0.2) is 48.9 Å². The summed E-state index contributed by atoms with van der Waals surface area (Å²) in [4.78, 5) is 18.6. The second-order valence-electron chi connectivity index (χ2n) is 8.89. The molecule has 0 radical (unpaired) electrons. The van der Waals surface area contributed by atoms with Gasteiger partial charge in [0.2, 0.25) is 5.95 Å². The van der Waals surface area contributed by atoms with Crippen LogP contribution in [0.25, 0.3) is 22.4 Å². The van der Waals surface area contributed by atoms with Gasteiger partial charge in [-0.15, -0.1) is 0 Å². The maximum atomic E-state index is 7.00. The summed E-state index contributed by atoms with van der Waals surface area (Å²) in [5.74, 6) is 1.80. The highest BCUT2D eigenvalue weighted by molar-refractivity contribution is 5.84. The van der Waals surface area contributed by atoms with Crippen molar-refractivity contribution < 1.29 is 5.11 Å². The molecule has 0 aliphatic rings. The summed E-state index contributed by atoms with van der Waals surface area (Å²) < 4.78 is 2.08. The van der Waals surface area contributed by atoms with Crippen molar-refractivity contribution in [2.75, 3.05) is 24.3 Å². The number of nitrogens with zero attached hydrogens (tertiary/aromatic N) is 5. The summed E-state index contributed by atoms with van der Waals surface area (Å²) in [6, 6.07) is 13.0. The zero-order valence-corrected chi connectivity index (χ0v) is 23.6. The molecule has 0 amide bonds. The lowest BCUT2D eigenvalue weighted by atomic mass is 9.97. The Morgan fingerprint density at radius 3 is 2.24 bits per heavy atom. The van der Waals surface area contributed by atoms with Gasteiger partial charge in [0, 0.05) is 38.0 Å². The van der Waals surface area contributed by atoms with Crippen molar-refractivity contribution in [1.29, 1.82) is 0 Å². The van der Waals surface area contributed by atoms with Crippen LogP contribution < -0.4 is 10.6 Å². The number of nitrogens with one attached hydrogen (secondary N) is 2. The van der Waals surface area contributed by atoms with Gasteiger partial charge in [0.25, 0.3) is 0 Å². The Morgan fingerprint density at radius 2 is 1.62 bits per heavy atom. The molecule has 0 saturated carbocycles. The number of hydrogen-bond acceptors (Lipinski definition) is 7. The number of aromatic nitrogens is 5. The molecule has 0 unspecified atom stereocenters. The Hall–Kier alpha value is -3.52. The molecule has 8 nitrogen and oxygen atoms in total. The molecule has 4 rings (SSSR count). The van der Waals surface area contributed by atoms with Crippen molar-refractivity contribution >= 4 is 22.9 Å². The molecule has 8 heteroatoms. The second kappa shape index (κ2) is 14.9. The van der Waals surface area contributed by atoms with E-state index in [0.29, 0.717) is 18.4 Å². The lowest BCUT2D eigenvalue weighted by Crippen LogP contribution is -2.10. The molecular weight excluding hydrogens is 462 g/mol. The minimum absolute atomic E-state index is 0.270. The molecule has 0 atom stereocenters. The lowest BCUT2D eigenvalue weighted by molar-refractivity contribution is 0.399. The summed E-state index contributed by atoms with van der Waals surface area (Å²) in [6.45, 7) is 16.3. The zero-order valence-electron chi connectivity index (χ0n) is 23.6. The number of hydrogen-bond donors (Lipinski definition) is 3. The van der Waals surface area contributed by atoms with Gasteiger partial charge in [0.05, 0.1) is 12.0 Å². The van der Waals surface area contributed by atoms with Crippen molar-refractivity contribution in [3.8, 4) is 11.3 Å². The maximum Gasteiger partial charge on any atom is 0.226 e. The van der Waals surface area contributed by atoms with E-state index >= 15 is 0 Å². The Labute approximate surface area is 221 Å². The van der Waals surface area contributed by atoms with E-state index in [1.54, 1.807) is 0 Å². The number of fused-ring (bicyclic) bond motifs is 1. The molecule has 0 saturated heterocycles. The average Bonchev–Trinajstić information content (AvgIpc) is 3.37. The van der Waals surface area contributed by atoms with Gasteiger partial charge in [-0.25, -0.2) is 4.98 Å². The molecule has 0 aliphatic heterocycles. The number of anilines is 2. The second-order valence-corrected chi connectivity index (χ2v) is 8.89. The van der Waals surface area contributed by atoms with Crippen molar-refractivity contribution in [3.05, 3.63) is 60.0 Å². The van der Waals surface area contributed by atoms with Gasteiger partial charge >= 0.3 is 0 Å². The van der Waals surface area contributed by atoms with E-state index in [1.807, 2.05) is 32.4 Å². The number of benzene rings is 1. The van der Waals surface area contributed by atoms with E-state index in [1.165, 1.54) is 11.1 Å². The van der Waals surface area contributed by atoms with Crippen molar-refractivity contribution in [2.45, 2.75) is 73.4 Å². The highest BCUT2D eigenvalue weighted by Crippen LogP contribution is 2.28. The van der Waals surface area contributed by atoms with E-state index in [4.69, 9.17) is 15.1 Å². The Balaban J connectivity index is 0.00000115. The van der Waals surface area contributed by atoms with Gasteiger partial charge in [-0.1, -0.05) is 65.0 Å². The van der Waals surface area contributed by atoms with Gasteiger partial charge in [-0.3, -0.25) is 4.98 Å². The zero-order chi connectivity index (χ0) is 27.4. The topological polar surface area (TPSA) is 101 Å². The maximum absolute atomic E-state index is 7.00. The fourth-order valence-electron chi connectivity index (χ4n) is 3.82. The SMILES string of the molecule is CC.CCCNc1nc(NCc2ccc(-c3ncccc3C(C)C)cc2)c2ncn(C(C)C)c2n1.CO. The normalized spacial score (nSPS) is 10.6. The van der Waals surface area contributed by atoms with Crippen molar-refractivity contribution in [2.24, 2.45) is 0 Å². The monoisotopic (exact) mass is 505 g/mol. The number of pyridine rings is 1. The predicted molar refractivity (Wildman–Crippen MR) is 155 cm³/mol. The molecule has 3 N–H and O–H groups in total. The first-order valence-corrected chi connectivity index (χ1v) is 13.2. The third kappa shape index (κ3) is 7.49. The molecule has 0 spiro atoms.